The second-order valence-electron chi connectivity index (χ2n) is 2.51. The third-order valence-electron chi connectivity index (χ3n) is 1.55. The van der Waals surface area contributed by atoms with E-state index < -0.39 is 0 Å². The van der Waals surface area contributed by atoms with Crippen LogP contribution in [-0.4, -0.2) is 15.0 Å². The molecule has 4 nitrogen and oxygen atoms in total. The van der Waals surface area contributed by atoms with Gasteiger partial charge in [0.2, 0.25) is 0 Å². The van der Waals surface area contributed by atoms with Crippen molar-refractivity contribution in [2.75, 3.05) is 0 Å². The number of nitrogens with one attached hydrogen (secondary N) is 1. The largest absolute Gasteiger partial charge is 0.313 e. The average Bonchev–Trinajstić information content (AvgIpc) is 2.57. The van der Waals surface area contributed by atoms with E-state index in [1.54, 1.807) is 17.5 Å². The zero-order valence-electron chi connectivity index (χ0n) is 6.73. The molecule has 1 N–H and O–H groups in total. The zero-order chi connectivity index (χ0) is 9.10. The van der Waals surface area contributed by atoms with Crippen LogP contribution in [-0.2, 0) is 6.42 Å². The van der Waals surface area contributed by atoms with Crippen LogP contribution in [0.5, 0.6) is 0 Å². The SMILES string of the molecule is O=c1cc(Cc2nccs2)nc[nH]1. The van der Waals surface area contributed by atoms with E-state index in [-0.39, 0.29) is 5.56 Å². The second kappa shape index (κ2) is 3.49. The van der Waals surface area contributed by atoms with Gasteiger partial charge in [-0.15, -0.1) is 11.3 Å². The normalized spacial score (nSPS) is 10.2. The summed E-state index contributed by atoms with van der Waals surface area (Å²) in [4.78, 5) is 21.5. The van der Waals surface area contributed by atoms with Gasteiger partial charge in [0.15, 0.2) is 0 Å². The van der Waals surface area contributed by atoms with Crippen LogP contribution in [0.4, 0.5) is 0 Å². The van der Waals surface area contributed by atoms with E-state index in [4.69, 9.17) is 0 Å². The van der Waals surface area contributed by atoms with Crippen LogP contribution in [0.2, 0.25) is 0 Å². The number of aromatic amines is 1. The van der Waals surface area contributed by atoms with Gasteiger partial charge in [-0.3, -0.25) is 4.79 Å². The molecule has 0 saturated heterocycles. The quantitative estimate of drug-likeness (QED) is 0.768. The predicted molar refractivity (Wildman–Crippen MR) is 49.8 cm³/mol. The summed E-state index contributed by atoms with van der Waals surface area (Å²) in [7, 11) is 0. The topological polar surface area (TPSA) is 58.6 Å². The van der Waals surface area contributed by atoms with Gasteiger partial charge in [-0.05, 0) is 0 Å². The van der Waals surface area contributed by atoms with Crippen LogP contribution in [0.1, 0.15) is 10.7 Å². The number of thiazole rings is 1. The van der Waals surface area contributed by atoms with Gasteiger partial charge >= 0.3 is 0 Å². The van der Waals surface area contributed by atoms with Gasteiger partial charge in [0.05, 0.1) is 17.0 Å². The van der Waals surface area contributed by atoms with Crippen LogP contribution in [0, 0.1) is 0 Å². The van der Waals surface area contributed by atoms with Crippen molar-refractivity contribution in [3.05, 3.63) is 45.0 Å². The number of rotatable bonds is 2. The number of H-pyrrole nitrogens is 1. The standard InChI is InChI=1S/C8H7N3OS/c12-7-3-6(10-5-11-7)4-8-9-1-2-13-8/h1-3,5H,4H2,(H,10,11,12). The molecule has 5 heteroatoms. The van der Waals surface area contributed by atoms with Crippen molar-refractivity contribution < 1.29 is 0 Å². The molecule has 66 valence electrons. The Labute approximate surface area is 78.3 Å². The smallest absolute Gasteiger partial charge is 0.250 e. The average molecular weight is 193 g/mol. The van der Waals surface area contributed by atoms with Gasteiger partial charge < -0.3 is 4.98 Å². The molecular weight excluding hydrogens is 186 g/mol. The lowest BCUT2D eigenvalue weighted by molar-refractivity contribution is 0.993. The number of aromatic nitrogens is 3. The van der Waals surface area contributed by atoms with E-state index in [1.807, 2.05) is 5.38 Å². The number of hydrogen-bond donors (Lipinski definition) is 1. The molecule has 0 atom stereocenters. The zero-order valence-corrected chi connectivity index (χ0v) is 7.54. The van der Waals surface area contributed by atoms with Crippen molar-refractivity contribution in [1.82, 2.24) is 15.0 Å². The molecule has 0 aliphatic carbocycles. The summed E-state index contributed by atoms with van der Waals surface area (Å²) >= 11 is 1.56. The highest BCUT2D eigenvalue weighted by Gasteiger charge is 1.99. The molecule has 0 aromatic carbocycles. The third kappa shape index (κ3) is 2.00. The maximum atomic E-state index is 10.9. The second-order valence-corrected chi connectivity index (χ2v) is 3.48. The van der Waals surface area contributed by atoms with Crippen molar-refractivity contribution >= 4 is 11.3 Å². The minimum absolute atomic E-state index is 0.124. The lowest BCUT2D eigenvalue weighted by atomic mass is 10.3. The summed E-state index contributed by atoms with van der Waals surface area (Å²) in [5, 5.41) is 2.88. The molecule has 0 bridgehead atoms. The van der Waals surface area contributed by atoms with E-state index in [0.717, 1.165) is 10.7 Å². The molecule has 0 amide bonds. The van der Waals surface area contributed by atoms with E-state index in [1.165, 1.54) is 12.4 Å². The predicted octanol–water partition coefficient (Wildman–Crippen LogP) is 0.817. The van der Waals surface area contributed by atoms with E-state index in [9.17, 15) is 4.79 Å². The maximum absolute atomic E-state index is 10.9. The molecule has 2 heterocycles. The molecule has 0 spiro atoms. The number of nitrogens with zero attached hydrogens (tertiary/aromatic N) is 2. The summed E-state index contributed by atoms with van der Waals surface area (Å²) in [5.74, 6) is 0. The molecule has 0 radical (unpaired) electrons. The first-order valence-electron chi connectivity index (χ1n) is 3.76. The molecule has 2 rings (SSSR count). The molecule has 13 heavy (non-hydrogen) atoms. The summed E-state index contributed by atoms with van der Waals surface area (Å²) in [6.07, 6.45) is 3.78. The van der Waals surface area contributed by atoms with Gasteiger partial charge in [-0.2, -0.15) is 0 Å². The Morgan fingerprint density at radius 3 is 3.08 bits per heavy atom. The lowest BCUT2D eigenvalue weighted by Gasteiger charge is -1.93. The Morgan fingerprint density at radius 1 is 1.46 bits per heavy atom. The van der Waals surface area contributed by atoms with Gasteiger partial charge in [0.1, 0.15) is 0 Å². The first-order chi connectivity index (χ1) is 6.34. The summed E-state index contributed by atoms with van der Waals surface area (Å²) in [5.41, 5.74) is 0.625. The van der Waals surface area contributed by atoms with Crippen molar-refractivity contribution in [3.63, 3.8) is 0 Å². The molecule has 0 aliphatic rings. The molecule has 0 aliphatic heterocycles. The monoisotopic (exact) mass is 193 g/mol. The minimum atomic E-state index is -0.124. The van der Waals surface area contributed by atoms with Crippen molar-refractivity contribution in [3.8, 4) is 0 Å². The fraction of sp³-hybridized carbons (Fsp3) is 0.125. The highest BCUT2D eigenvalue weighted by molar-refractivity contribution is 7.09. The van der Waals surface area contributed by atoms with Crippen LogP contribution >= 0.6 is 11.3 Å². The van der Waals surface area contributed by atoms with Crippen molar-refractivity contribution in [2.24, 2.45) is 0 Å². The van der Waals surface area contributed by atoms with Crippen molar-refractivity contribution in [2.45, 2.75) is 6.42 Å². The highest BCUT2D eigenvalue weighted by Crippen LogP contribution is 2.07. The van der Waals surface area contributed by atoms with E-state index in [0.29, 0.717) is 6.42 Å². The van der Waals surface area contributed by atoms with Crippen molar-refractivity contribution in [1.29, 1.82) is 0 Å². The molecule has 2 aromatic heterocycles. The Bertz CT molecular complexity index is 435. The minimum Gasteiger partial charge on any atom is -0.313 e. The van der Waals surface area contributed by atoms with Crippen LogP contribution in [0.15, 0.2) is 28.8 Å². The summed E-state index contributed by atoms with van der Waals surface area (Å²) in [6, 6.07) is 1.49. The maximum Gasteiger partial charge on any atom is 0.250 e. The van der Waals surface area contributed by atoms with E-state index in [2.05, 4.69) is 15.0 Å². The summed E-state index contributed by atoms with van der Waals surface area (Å²) < 4.78 is 0. The fourth-order valence-electron chi connectivity index (χ4n) is 1.00. The Balaban J connectivity index is 2.24. The van der Waals surface area contributed by atoms with Crippen LogP contribution < -0.4 is 5.56 Å². The molecular formula is C8H7N3OS. The van der Waals surface area contributed by atoms with Gasteiger partial charge in [0.25, 0.3) is 5.56 Å². The molecule has 0 unspecified atom stereocenters. The molecule has 0 fully saturated rings. The Morgan fingerprint density at radius 2 is 2.38 bits per heavy atom. The first-order valence-corrected chi connectivity index (χ1v) is 4.64. The highest BCUT2D eigenvalue weighted by atomic mass is 32.1. The lowest BCUT2D eigenvalue weighted by Crippen LogP contribution is -2.06. The van der Waals surface area contributed by atoms with Gasteiger partial charge in [-0.1, -0.05) is 0 Å². The van der Waals surface area contributed by atoms with Crippen LogP contribution in [0.25, 0.3) is 0 Å². The van der Waals surface area contributed by atoms with E-state index >= 15 is 0 Å². The Kier molecular flexibility index (Phi) is 2.18. The third-order valence-corrected chi connectivity index (χ3v) is 2.33. The summed E-state index contributed by atoms with van der Waals surface area (Å²) in [6.45, 7) is 0. The number of hydrogen-bond acceptors (Lipinski definition) is 4. The van der Waals surface area contributed by atoms with Gasteiger partial charge in [0, 0.05) is 24.1 Å². The molecule has 2 aromatic rings. The van der Waals surface area contributed by atoms with Gasteiger partial charge in [-0.25, -0.2) is 9.97 Å². The first kappa shape index (κ1) is 8.12. The Hall–Kier alpha value is -1.49. The van der Waals surface area contributed by atoms with Crippen LogP contribution in [0.3, 0.4) is 0 Å². The molecule has 0 saturated carbocycles. The fourth-order valence-corrected chi connectivity index (χ4v) is 1.63.